The Hall–Kier alpha value is -1.13. The summed E-state index contributed by atoms with van der Waals surface area (Å²) < 4.78 is 0. The third kappa shape index (κ3) is 7.75. The molecular weight excluding hydrogens is 386 g/mol. The molecule has 0 heterocycles. The molecule has 178 valence electrons. The number of allylic oxidation sites excluding steroid dienone is 2. The monoisotopic (exact) mass is 433 g/mol. The first-order chi connectivity index (χ1) is 14.4. The molecule has 0 aromatic carbocycles. The van der Waals surface area contributed by atoms with Gasteiger partial charge in [0.05, 0.1) is 11.7 Å². The smallest absolute Gasteiger partial charge is 0.222 e. The standard InChI is InChI=1S/C27H47NO3/c1-7-8-15-27(5,31)16-11-13-22-23-18-20(17-21(23)19-24(22)29)12-9-10-14-25(30)28(6)26(2,3)4/h11,13,17,21-24,29,31H,7-10,12,14-16,18-19H2,1-6H3/b13-11+/t21-,22+,23-,24+,27-/m0/s1. The van der Waals surface area contributed by atoms with Crippen molar-refractivity contribution < 1.29 is 15.0 Å². The summed E-state index contributed by atoms with van der Waals surface area (Å²) in [5.41, 5.74) is 0.745. The van der Waals surface area contributed by atoms with E-state index in [1.54, 1.807) is 0 Å². The summed E-state index contributed by atoms with van der Waals surface area (Å²) in [5.74, 6) is 1.40. The van der Waals surface area contributed by atoms with Crippen molar-refractivity contribution in [1.29, 1.82) is 0 Å². The Morgan fingerprint density at radius 2 is 1.94 bits per heavy atom. The van der Waals surface area contributed by atoms with Crippen LogP contribution < -0.4 is 0 Å². The lowest BCUT2D eigenvalue weighted by molar-refractivity contribution is -0.134. The van der Waals surface area contributed by atoms with Crippen molar-refractivity contribution in [3.05, 3.63) is 23.8 Å². The maximum absolute atomic E-state index is 12.3. The Kier molecular flexibility index (Phi) is 9.39. The van der Waals surface area contributed by atoms with Gasteiger partial charge < -0.3 is 15.1 Å². The predicted molar refractivity (Wildman–Crippen MR) is 129 cm³/mol. The Morgan fingerprint density at radius 1 is 1.23 bits per heavy atom. The molecule has 2 aliphatic rings. The molecule has 0 bridgehead atoms. The van der Waals surface area contributed by atoms with E-state index in [0.717, 1.165) is 51.4 Å². The van der Waals surface area contributed by atoms with Gasteiger partial charge in [0.2, 0.25) is 5.91 Å². The highest BCUT2D eigenvalue weighted by molar-refractivity contribution is 5.76. The molecule has 1 fully saturated rings. The lowest BCUT2D eigenvalue weighted by atomic mass is 9.87. The molecule has 0 aromatic rings. The molecule has 31 heavy (non-hydrogen) atoms. The number of aliphatic hydroxyl groups is 2. The van der Waals surface area contributed by atoms with Gasteiger partial charge in [-0.05, 0) is 84.5 Å². The number of hydrogen-bond acceptors (Lipinski definition) is 3. The van der Waals surface area contributed by atoms with Crippen molar-refractivity contribution in [2.24, 2.45) is 17.8 Å². The van der Waals surface area contributed by atoms with Crippen molar-refractivity contribution in [3.8, 4) is 0 Å². The van der Waals surface area contributed by atoms with Gasteiger partial charge in [-0.15, -0.1) is 0 Å². The van der Waals surface area contributed by atoms with Crippen molar-refractivity contribution in [1.82, 2.24) is 4.90 Å². The lowest BCUT2D eigenvalue weighted by Gasteiger charge is -2.32. The van der Waals surface area contributed by atoms with Gasteiger partial charge in [-0.25, -0.2) is 0 Å². The van der Waals surface area contributed by atoms with E-state index < -0.39 is 5.60 Å². The lowest BCUT2D eigenvalue weighted by Crippen LogP contribution is -2.42. The number of rotatable bonds is 11. The zero-order chi connectivity index (χ0) is 23.2. The van der Waals surface area contributed by atoms with Crippen LogP contribution in [-0.2, 0) is 4.79 Å². The average Bonchev–Trinajstić information content (AvgIpc) is 3.19. The second-order valence-corrected chi connectivity index (χ2v) is 11.3. The summed E-state index contributed by atoms with van der Waals surface area (Å²) in [4.78, 5) is 14.2. The van der Waals surface area contributed by atoms with Gasteiger partial charge in [-0.1, -0.05) is 43.6 Å². The van der Waals surface area contributed by atoms with Gasteiger partial charge in [-0.3, -0.25) is 4.79 Å². The van der Waals surface area contributed by atoms with E-state index in [-0.39, 0.29) is 23.5 Å². The van der Waals surface area contributed by atoms with Gasteiger partial charge in [0.25, 0.3) is 0 Å². The molecule has 4 heteroatoms. The second kappa shape index (κ2) is 11.1. The fourth-order valence-corrected chi connectivity index (χ4v) is 5.10. The highest BCUT2D eigenvalue weighted by atomic mass is 16.3. The SMILES string of the molecule is CCCC[C@](C)(O)C/C=C/[C@@H]1[C@H]2CC(CCCCC(=O)N(C)C(C)(C)C)=C[C@H]2C[C@H]1O. The summed E-state index contributed by atoms with van der Waals surface area (Å²) in [6, 6.07) is 0. The summed E-state index contributed by atoms with van der Waals surface area (Å²) in [6.45, 7) is 10.3. The van der Waals surface area contributed by atoms with Gasteiger partial charge in [0, 0.05) is 24.9 Å². The molecule has 2 rings (SSSR count). The number of unbranched alkanes of at least 4 members (excludes halogenated alkanes) is 2. The number of carbonyl (C=O) groups excluding carboxylic acids is 1. The van der Waals surface area contributed by atoms with Gasteiger partial charge in [0.15, 0.2) is 0 Å². The first-order valence-corrected chi connectivity index (χ1v) is 12.5. The maximum atomic E-state index is 12.3. The highest BCUT2D eigenvalue weighted by Gasteiger charge is 2.43. The van der Waals surface area contributed by atoms with E-state index in [4.69, 9.17) is 0 Å². The molecule has 5 atom stereocenters. The molecule has 0 saturated heterocycles. The highest BCUT2D eigenvalue weighted by Crippen LogP contribution is 2.48. The van der Waals surface area contributed by atoms with E-state index in [1.165, 1.54) is 5.57 Å². The maximum Gasteiger partial charge on any atom is 0.222 e. The van der Waals surface area contributed by atoms with Crippen LogP contribution in [0.15, 0.2) is 23.8 Å². The molecule has 0 unspecified atom stereocenters. The first kappa shape index (κ1) is 26.1. The van der Waals surface area contributed by atoms with Crippen molar-refractivity contribution in [3.63, 3.8) is 0 Å². The van der Waals surface area contributed by atoms with E-state index in [0.29, 0.717) is 24.7 Å². The molecule has 1 amide bonds. The number of hydrogen-bond donors (Lipinski definition) is 2. The van der Waals surface area contributed by atoms with Gasteiger partial charge in [-0.2, -0.15) is 0 Å². The van der Waals surface area contributed by atoms with Crippen molar-refractivity contribution in [2.45, 2.75) is 116 Å². The van der Waals surface area contributed by atoms with Crippen LogP contribution in [0.5, 0.6) is 0 Å². The van der Waals surface area contributed by atoms with Gasteiger partial charge >= 0.3 is 0 Å². The number of aliphatic hydroxyl groups excluding tert-OH is 1. The zero-order valence-electron chi connectivity index (χ0n) is 20.9. The molecule has 0 aromatic heterocycles. The predicted octanol–water partition coefficient (Wildman–Crippen LogP) is 5.63. The van der Waals surface area contributed by atoms with Crippen LogP contribution in [0.25, 0.3) is 0 Å². The van der Waals surface area contributed by atoms with Crippen molar-refractivity contribution in [2.75, 3.05) is 7.05 Å². The molecular formula is C27H47NO3. The fourth-order valence-electron chi connectivity index (χ4n) is 5.10. The molecule has 0 spiro atoms. The third-order valence-corrected chi connectivity index (χ3v) is 7.45. The summed E-state index contributed by atoms with van der Waals surface area (Å²) >= 11 is 0. The van der Waals surface area contributed by atoms with Crippen LogP contribution in [-0.4, -0.2) is 45.3 Å². The van der Waals surface area contributed by atoms with E-state index in [1.807, 2.05) is 18.9 Å². The van der Waals surface area contributed by atoms with Crippen LogP contribution in [0.2, 0.25) is 0 Å². The van der Waals surface area contributed by atoms with Crippen LogP contribution in [0.3, 0.4) is 0 Å². The Morgan fingerprint density at radius 3 is 2.58 bits per heavy atom. The van der Waals surface area contributed by atoms with E-state index in [9.17, 15) is 15.0 Å². The molecule has 2 aliphatic carbocycles. The molecule has 4 nitrogen and oxygen atoms in total. The fraction of sp³-hybridized carbons (Fsp3) is 0.815. The van der Waals surface area contributed by atoms with Crippen LogP contribution in [0, 0.1) is 17.8 Å². The minimum Gasteiger partial charge on any atom is -0.392 e. The minimum atomic E-state index is -0.646. The van der Waals surface area contributed by atoms with Gasteiger partial charge in [0.1, 0.15) is 0 Å². The molecule has 0 radical (unpaired) electrons. The largest absolute Gasteiger partial charge is 0.392 e. The quantitative estimate of drug-likeness (QED) is 0.328. The Bertz CT molecular complexity index is 643. The van der Waals surface area contributed by atoms with Crippen LogP contribution in [0.4, 0.5) is 0 Å². The number of fused-ring (bicyclic) bond motifs is 1. The molecule has 0 aliphatic heterocycles. The third-order valence-electron chi connectivity index (χ3n) is 7.45. The van der Waals surface area contributed by atoms with E-state index in [2.05, 4.69) is 45.9 Å². The van der Waals surface area contributed by atoms with Crippen LogP contribution >= 0.6 is 0 Å². The topological polar surface area (TPSA) is 60.8 Å². The second-order valence-electron chi connectivity index (χ2n) is 11.3. The Labute approximate surface area is 190 Å². The Balaban J connectivity index is 1.77. The minimum absolute atomic E-state index is 0.116. The normalized spacial score (nSPS) is 27.9. The zero-order valence-corrected chi connectivity index (χ0v) is 20.9. The van der Waals surface area contributed by atoms with Crippen molar-refractivity contribution >= 4 is 5.91 Å². The molecule has 1 saturated carbocycles. The number of carbonyl (C=O) groups is 1. The number of amides is 1. The summed E-state index contributed by atoms with van der Waals surface area (Å²) in [5, 5.41) is 21.1. The summed E-state index contributed by atoms with van der Waals surface area (Å²) in [6.07, 6.45) is 15.6. The summed E-state index contributed by atoms with van der Waals surface area (Å²) in [7, 11) is 1.89. The van der Waals surface area contributed by atoms with Crippen LogP contribution in [0.1, 0.15) is 98.8 Å². The first-order valence-electron chi connectivity index (χ1n) is 12.5. The van der Waals surface area contributed by atoms with E-state index >= 15 is 0 Å². The number of nitrogens with zero attached hydrogens (tertiary/aromatic N) is 1. The molecule has 2 N–H and O–H groups in total. The average molecular weight is 434 g/mol.